The van der Waals surface area contributed by atoms with Gasteiger partial charge in [-0.15, -0.1) is 0 Å². The van der Waals surface area contributed by atoms with Gasteiger partial charge < -0.3 is 26.8 Å². The van der Waals surface area contributed by atoms with Crippen molar-refractivity contribution in [1.82, 2.24) is 15.3 Å². The monoisotopic (exact) mass is 455 g/mol. The summed E-state index contributed by atoms with van der Waals surface area (Å²) in [5, 5.41) is 16.5. The smallest absolute Gasteiger partial charge is 0.241 e. The molecular formula is C19H21F4N7O2. The molecule has 9 nitrogen and oxygen atoms in total. The van der Waals surface area contributed by atoms with Crippen LogP contribution in [-0.2, 0) is 11.3 Å². The fourth-order valence-corrected chi connectivity index (χ4v) is 2.30. The van der Waals surface area contributed by atoms with Crippen LogP contribution in [0.25, 0.3) is 0 Å². The number of hydrogen-bond donors (Lipinski definition) is 5. The number of aliphatic imine (C=N–C) groups is 1. The van der Waals surface area contributed by atoms with Crippen molar-refractivity contribution in [3.05, 3.63) is 59.1 Å². The molecule has 0 spiro atoms. The zero-order chi connectivity index (χ0) is 23.7. The van der Waals surface area contributed by atoms with Gasteiger partial charge in [0.25, 0.3) is 0 Å². The number of hydrogen-bond acceptors (Lipinski definition) is 8. The first-order chi connectivity index (χ1) is 15.2. The Kier molecular flexibility index (Phi) is 8.89. The molecule has 0 saturated heterocycles. The number of aromatic nitrogens is 2. The average Bonchev–Trinajstić information content (AvgIpc) is 2.74. The molecule has 0 fully saturated rings. The Hall–Kier alpha value is -3.74. The highest BCUT2D eigenvalue weighted by Crippen LogP contribution is 2.18. The van der Waals surface area contributed by atoms with Gasteiger partial charge in [-0.3, -0.25) is 9.79 Å². The summed E-state index contributed by atoms with van der Waals surface area (Å²) >= 11 is 0. The number of benzene rings is 1. The second-order valence-corrected chi connectivity index (χ2v) is 6.46. The minimum absolute atomic E-state index is 0.129. The number of nitrogens with zero attached hydrogens (tertiary/aromatic N) is 3. The molecule has 0 bridgehead atoms. The third-order valence-corrected chi connectivity index (χ3v) is 3.86. The third kappa shape index (κ3) is 7.19. The van der Waals surface area contributed by atoms with Crippen molar-refractivity contribution < 1.29 is 27.5 Å². The van der Waals surface area contributed by atoms with E-state index in [1.54, 1.807) is 6.92 Å². The molecule has 0 radical (unpaired) electrons. The molecule has 6 N–H and O–H groups in total. The predicted molar refractivity (Wildman–Crippen MR) is 110 cm³/mol. The fraction of sp³-hybridized carbons (Fsp3) is 0.263. The molecule has 2 rings (SSSR count). The highest BCUT2D eigenvalue weighted by molar-refractivity contribution is 5.85. The lowest BCUT2D eigenvalue weighted by molar-refractivity contribution is -0.120. The number of halogens is 4. The number of allylic oxidation sites excluding steroid dienone is 1. The van der Waals surface area contributed by atoms with Gasteiger partial charge in [0, 0.05) is 42.7 Å². The molecule has 1 aromatic carbocycles. The van der Waals surface area contributed by atoms with E-state index in [1.165, 1.54) is 6.21 Å². The van der Waals surface area contributed by atoms with Gasteiger partial charge in [0.15, 0.2) is 11.6 Å². The van der Waals surface area contributed by atoms with E-state index in [0.717, 1.165) is 12.4 Å². The SMILES string of the molecule is CC(CO)NC(=O)CN=C/C(=C\N)Nc1ncc(F)c(NCc2c(F)cc(F)cc2F)n1. The molecule has 172 valence electrons. The first kappa shape index (κ1) is 24.5. The summed E-state index contributed by atoms with van der Waals surface area (Å²) in [5.41, 5.74) is 5.15. The Morgan fingerprint density at radius 1 is 1.25 bits per heavy atom. The highest BCUT2D eigenvalue weighted by Gasteiger charge is 2.14. The predicted octanol–water partition coefficient (Wildman–Crippen LogP) is 1.42. The molecule has 1 aromatic heterocycles. The number of amides is 1. The lowest BCUT2D eigenvalue weighted by Gasteiger charge is -2.11. The van der Waals surface area contributed by atoms with Crippen molar-refractivity contribution in [2.75, 3.05) is 23.8 Å². The second-order valence-electron chi connectivity index (χ2n) is 6.46. The fourth-order valence-electron chi connectivity index (χ4n) is 2.30. The number of carbonyl (C=O) groups is 1. The van der Waals surface area contributed by atoms with Crippen LogP contribution in [0, 0.1) is 23.3 Å². The number of aliphatic hydroxyl groups excluding tert-OH is 1. The van der Waals surface area contributed by atoms with E-state index in [4.69, 9.17) is 10.8 Å². The number of nitrogens with one attached hydrogen (secondary N) is 3. The molecule has 32 heavy (non-hydrogen) atoms. The molecule has 0 saturated carbocycles. The molecule has 1 unspecified atom stereocenters. The highest BCUT2D eigenvalue weighted by atomic mass is 19.1. The van der Waals surface area contributed by atoms with Gasteiger partial charge in [-0.25, -0.2) is 22.5 Å². The van der Waals surface area contributed by atoms with Crippen LogP contribution >= 0.6 is 0 Å². The largest absolute Gasteiger partial charge is 0.403 e. The van der Waals surface area contributed by atoms with Gasteiger partial charge >= 0.3 is 0 Å². The maximum Gasteiger partial charge on any atom is 0.241 e. The molecule has 13 heteroatoms. The van der Waals surface area contributed by atoms with E-state index in [0.29, 0.717) is 12.1 Å². The molecule has 1 atom stereocenters. The van der Waals surface area contributed by atoms with Crippen molar-refractivity contribution >= 4 is 23.9 Å². The Labute approximate surface area is 180 Å². The Morgan fingerprint density at radius 2 is 1.94 bits per heavy atom. The van der Waals surface area contributed by atoms with E-state index in [1.807, 2.05) is 0 Å². The molecule has 0 aliphatic carbocycles. The standard InChI is InChI=1S/C19H21F4N7O2/c1-10(9-31)28-17(32)8-25-5-12(4-24)29-19-27-7-16(23)18(30-19)26-6-13-14(21)2-11(20)3-15(13)22/h2-5,7,10,31H,6,8-9,24H2,1H3,(H,28,32)(H2,26,27,29,30)/b12-4+,25-5?. The van der Waals surface area contributed by atoms with Crippen LogP contribution in [0.2, 0.25) is 0 Å². The van der Waals surface area contributed by atoms with E-state index in [9.17, 15) is 22.4 Å². The van der Waals surface area contributed by atoms with Crippen LogP contribution in [0.5, 0.6) is 0 Å². The lowest BCUT2D eigenvalue weighted by atomic mass is 10.2. The average molecular weight is 455 g/mol. The van der Waals surface area contributed by atoms with Crippen LogP contribution in [0.1, 0.15) is 12.5 Å². The number of carbonyl (C=O) groups excluding carboxylic acids is 1. The van der Waals surface area contributed by atoms with Crippen LogP contribution in [0.15, 0.2) is 35.2 Å². The summed E-state index contributed by atoms with van der Waals surface area (Å²) in [4.78, 5) is 23.1. The van der Waals surface area contributed by atoms with Gasteiger partial charge in [0.05, 0.1) is 18.5 Å². The van der Waals surface area contributed by atoms with E-state index >= 15 is 0 Å². The summed E-state index contributed by atoms with van der Waals surface area (Å²) in [6.07, 6.45) is 3.12. The minimum atomic E-state index is -1.13. The first-order valence-electron chi connectivity index (χ1n) is 9.22. The maximum atomic E-state index is 14.0. The summed E-state index contributed by atoms with van der Waals surface area (Å²) < 4.78 is 54.5. The van der Waals surface area contributed by atoms with Crippen molar-refractivity contribution in [3.63, 3.8) is 0 Å². The van der Waals surface area contributed by atoms with Crippen molar-refractivity contribution in [1.29, 1.82) is 0 Å². The Bertz CT molecular complexity index is 994. The summed E-state index contributed by atoms with van der Waals surface area (Å²) in [6.45, 7) is 0.650. The lowest BCUT2D eigenvalue weighted by Crippen LogP contribution is -2.36. The Balaban J connectivity index is 2.03. The molecule has 2 aromatic rings. The van der Waals surface area contributed by atoms with Crippen molar-refractivity contribution in [3.8, 4) is 0 Å². The second kappa shape index (κ2) is 11.6. The molecular weight excluding hydrogens is 434 g/mol. The van der Waals surface area contributed by atoms with Gasteiger partial charge in [-0.2, -0.15) is 4.98 Å². The van der Waals surface area contributed by atoms with Crippen LogP contribution in [0.4, 0.5) is 29.3 Å². The van der Waals surface area contributed by atoms with Crippen LogP contribution in [-0.4, -0.2) is 46.4 Å². The van der Waals surface area contributed by atoms with Crippen molar-refractivity contribution in [2.45, 2.75) is 19.5 Å². The topological polar surface area (TPSA) is 138 Å². The summed E-state index contributed by atoms with van der Waals surface area (Å²) in [6, 6.07) is 0.591. The van der Waals surface area contributed by atoms with Gasteiger partial charge in [-0.05, 0) is 6.92 Å². The van der Waals surface area contributed by atoms with Gasteiger partial charge in [0.1, 0.15) is 24.0 Å². The van der Waals surface area contributed by atoms with Gasteiger partial charge in [0.2, 0.25) is 11.9 Å². The van der Waals surface area contributed by atoms with E-state index in [-0.39, 0.29) is 30.6 Å². The normalized spacial score (nSPS) is 12.6. The van der Waals surface area contributed by atoms with Crippen LogP contribution < -0.4 is 21.7 Å². The van der Waals surface area contributed by atoms with E-state index < -0.39 is 47.3 Å². The van der Waals surface area contributed by atoms with E-state index in [2.05, 4.69) is 30.9 Å². The van der Waals surface area contributed by atoms with Gasteiger partial charge in [-0.1, -0.05) is 0 Å². The summed E-state index contributed by atoms with van der Waals surface area (Å²) in [7, 11) is 0. The molecule has 1 heterocycles. The summed E-state index contributed by atoms with van der Waals surface area (Å²) in [5.74, 6) is -5.18. The minimum Gasteiger partial charge on any atom is -0.403 e. The number of rotatable bonds is 10. The number of nitrogens with two attached hydrogens (primary N) is 1. The van der Waals surface area contributed by atoms with Crippen LogP contribution in [0.3, 0.4) is 0 Å². The molecule has 1 amide bonds. The first-order valence-corrected chi connectivity index (χ1v) is 9.22. The molecule has 0 aliphatic rings. The third-order valence-electron chi connectivity index (χ3n) is 3.86. The number of anilines is 2. The maximum absolute atomic E-state index is 14.0. The quantitative estimate of drug-likeness (QED) is 0.270. The zero-order valence-corrected chi connectivity index (χ0v) is 16.9. The number of aliphatic hydroxyl groups is 1. The van der Waals surface area contributed by atoms with Crippen molar-refractivity contribution in [2.24, 2.45) is 10.7 Å². The molecule has 0 aliphatic heterocycles. The zero-order valence-electron chi connectivity index (χ0n) is 16.9. The Morgan fingerprint density at radius 3 is 2.56 bits per heavy atom.